The molecule has 2 unspecified atom stereocenters. The van der Waals surface area contributed by atoms with E-state index in [1.165, 1.54) is 0 Å². The molecule has 1 aliphatic rings. The Bertz CT molecular complexity index is 123. The van der Waals surface area contributed by atoms with Gasteiger partial charge in [0, 0.05) is 13.1 Å². The molecule has 0 N–H and O–H groups in total. The normalized spacial score (nSPS) is 29.8. The summed E-state index contributed by atoms with van der Waals surface area (Å²) in [4.78, 5) is 1.87. The number of halogens is 2. The Hall–Kier alpha value is -0.220. The molecule has 0 aromatic heterocycles. The number of rotatable bonds is 1. The summed E-state index contributed by atoms with van der Waals surface area (Å²) in [5, 5.41) is 0. The van der Waals surface area contributed by atoms with Crippen LogP contribution in [0.15, 0.2) is 0 Å². The minimum absolute atomic E-state index is 0.0762. The molecule has 0 aliphatic carbocycles. The van der Waals surface area contributed by atoms with E-state index in [2.05, 4.69) is 0 Å². The number of alkyl halides is 2. The van der Waals surface area contributed by atoms with Crippen LogP contribution in [0.1, 0.15) is 20.8 Å². The standard InChI is InChI=1S/C7H13F2NO.C2H6/c1-5-3-10(2)4-6(11-5)7(8)9;1-2/h5-7H,3-4H2,1-2H3;1-2H3. The molecule has 1 saturated heterocycles. The monoisotopic (exact) mass is 195 g/mol. The highest BCUT2D eigenvalue weighted by Gasteiger charge is 2.29. The maximum atomic E-state index is 12.1. The summed E-state index contributed by atoms with van der Waals surface area (Å²) in [6.07, 6.45) is -3.34. The number of hydrogen-bond donors (Lipinski definition) is 0. The zero-order valence-corrected chi connectivity index (χ0v) is 8.76. The van der Waals surface area contributed by atoms with E-state index in [-0.39, 0.29) is 6.10 Å². The van der Waals surface area contributed by atoms with Gasteiger partial charge in [-0.1, -0.05) is 13.8 Å². The van der Waals surface area contributed by atoms with E-state index in [1.807, 2.05) is 32.7 Å². The van der Waals surface area contributed by atoms with E-state index in [0.717, 1.165) is 6.54 Å². The van der Waals surface area contributed by atoms with Gasteiger partial charge in [0.2, 0.25) is 0 Å². The van der Waals surface area contributed by atoms with Gasteiger partial charge in [0.05, 0.1) is 6.10 Å². The molecule has 1 rings (SSSR count). The van der Waals surface area contributed by atoms with E-state index >= 15 is 0 Å². The summed E-state index contributed by atoms with van der Waals surface area (Å²) in [5.41, 5.74) is 0. The second-order valence-electron chi connectivity index (χ2n) is 3.04. The fourth-order valence-electron chi connectivity index (χ4n) is 1.34. The Kier molecular flexibility index (Phi) is 6.16. The predicted octanol–water partition coefficient (Wildman–Crippen LogP) is 2.00. The van der Waals surface area contributed by atoms with Crippen LogP contribution in [0.4, 0.5) is 8.78 Å². The van der Waals surface area contributed by atoms with Gasteiger partial charge >= 0.3 is 0 Å². The van der Waals surface area contributed by atoms with E-state index in [4.69, 9.17) is 4.74 Å². The summed E-state index contributed by atoms with van der Waals surface area (Å²) < 4.78 is 29.3. The van der Waals surface area contributed by atoms with Crippen LogP contribution in [0.25, 0.3) is 0 Å². The third-order valence-electron chi connectivity index (χ3n) is 1.75. The van der Waals surface area contributed by atoms with Crippen molar-refractivity contribution in [3.05, 3.63) is 0 Å². The summed E-state index contributed by atoms with van der Waals surface area (Å²) >= 11 is 0. The van der Waals surface area contributed by atoms with Crippen LogP contribution in [-0.2, 0) is 4.74 Å². The predicted molar refractivity (Wildman–Crippen MR) is 49.2 cm³/mol. The van der Waals surface area contributed by atoms with Gasteiger partial charge in [-0.05, 0) is 14.0 Å². The van der Waals surface area contributed by atoms with Crippen LogP contribution >= 0.6 is 0 Å². The van der Waals surface area contributed by atoms with Crippen LogP contribution in [-0.4, -0.2) is 43.7 Å². The molecule has 0 amide bonds. The maximum Gasteiger partial charge on any atom is 0.265 e. The highest BCUT2D eigenvalue weighted by molar-refractivity contribution is 4.74. The van der Waals surface area contributed by atoms with E-state index in [1.54, 1.807) is 0 Å². The Morgan fingerprint density at radius 1 is 1.31 bits per heavy atom. The maximum absolute atomic E-state index is 12.1. The van der Waals surface area contributed by atoms with Crippen molar-refractivity contribution >= 4 is 0 Å². The third kappa shape index (κ3) is 4.52. The Morgan fingerprint density at radius 2 is 1.85 bits per heavy atom. The van der Waals surface area contributed by atoms with Crippen molar-refractivity contribution in [3.63, 3.8) is 0 Å². The molecule has 0 aromatic rings. The number of nitrogens with zero attached hydrogens (tertiary/aromatic N) is 1. The van der Waals surface area contributed by atoms with Gasteiger partial charge in [-0.25, -0.2) is 8.78 Å². The van der Waals surface area contributed by atoms with Crippen LogP contribution in [0.3, 0.4) is 0 Å². The molecule has 0 saturated carbocycles. The lowest BCUT2D eigenvalue weighted by Crippen LogP contribution is -2.47. The van der Waals surface area contributed by atoms with Crippen LogP contribution in [0.5, 0.6) is 0 Å². The van der Waals surface area contributed by atoms with E-state index in [0.29, 0.717) is 6.54 Å². The van der Waals surface area contributed by atoms with E-state index in [9.17, 15) is 8.78 Å². The first-order chi connectivity index (χ1) is 6.09. The number of ether oxygens (including phenoxy) is 1. The molecule has 1 aliphatic heterocycles. The minimum Gasteiger partial charge on any atom is -0.367 e. The van der Waals surface area contributed by atoms with Gasteiger partial charge in [0.25, 0.3) is 6.43 Å². The fraction of sp³-hybridized carbons (Fsp3) is 1.00. The van der Waals surface area contributed by atoms with Crippen LogP contribution < -0.4 is 0 Å². The summed E-state index contributed by atoms with van der Waals surface area (Å²) in [6, 6.07) is 0. The fourth-order valence-corrected chi connectivity index (χ4v) is 1.34. The molecule has 1 heterocycles. The van der Waals surface area contributed by atoms with Crippen LogP contribution in [0.2, 0.25) is 0 Å². The van der Waals surface area contributed by atoms with Crippen molar-refractivity contribution in [2.75, 3.05) is 20.1 Å². The first-order valence-electron chi connectivity index (χ1n) is 4.71. The first-order valence-corrected chi connectivity index (χ1v) is 4.71. The van der Waals surface area contributed by atoms with Gasteiger partial charge in [0.1, 0.15) is 6.10 Å². The largest absolute Gasteiger partial charge is 0.367 e. The Balaban J connectivity index is 0.000000671. The molecule has 0 bridgehead atoms. The summed E-state index contributed by atoms with van der Waals surface area (Å²) in [5.74, 6) is 0. The zero-order valence-electron chi connectivity index (χ0n) is 8.76. The number of hydrogen-bond acceptors (Lipinski definition) is 2. The second kappa shape index (κ2) is 6.27. The van der Waals surface area contributed by atoms with Gasteiger partial charge in [-0.3, -0.25) is 0 Å². The van der Waals surface area contributed by atoms with Gasteiger partial charge in [0.15, 0.2) is 0 Å². The van der Waals surface area contributed by atoms with Crippen molar-refractivity contribution in [1.29, 1.82) is 0 Å². The quantitative estimate of drug-likeness (QED) is 0.634. The molecule has 2 nitrogen and oxygen atoms in total. The molecular formula is C9H19F2NO. The lowest BCUT2D eigenvalue weighted by molar-refractivity contribution is -0.130. The molecule has 0 radical (unpaired) electrons. The van der Waals surface area contributed by atoms with Gasteiger partial charge < -0.3 is 9.64 Å². The van der Waals surface area contributed by atoms with Crippen molar-refractivity contribution in [2.45, 2.75) is 39.4 Å². The molecule has 0 spiro atoms. The van der Waals surface area contributed by atoms with Crippen molar-refractivity contribution in [3.8, 4) is 0 Å². The average Bonchev–Trinajstić information content (AvgIpc) is 2.06. The number of morpholine rings is 1. The molecule has 2 atom stereocenters. The lowest BCUT2D eigenvalue weighted by atomic mass is 10.2. The van der Waals surface area contributed by atoms with Gasteiger partial charge in [-0.2, -0.15) is 0 Å². The molecule has 1 fully saturated rings. The zero-order chi connectivity index (χ0) is 10.4. The molecule has 4 heteroatoms. The van der Waals surface area contributed by atoms with Crippen LogP contribution in [0, 0.1) is 0 Å². The number of likely N-dealkylation sites (N-methyl/N-ethyl adjacent to an activating group) is 1. The lowest BCUT2D eigenvalue weighted by Gasteiger charge is -2.33. The minimum atomic E-state index is -2.36. The van der Waals surface area contributed by atoms with E-state index < -0.39 is 12.5 Å². The summed E-state index contributed by atoms with van der Waals surface area (Å²) in [6.45, 7) is 6.89. The average molecular weight is 195 g/mol. The smallest absolute Gasteiger partial charge is 0.265 e. The van der Waals surface area contributed by atoms with Crippen molar-refractivity contribution < 1.29 is 13.5 Å². The Morgan fingerprint density at radius 3 is 2.23 bits per heavy atom. The molecule has 80 valence electrons. The highest BCUT2D eigenvalue weighted by Crippen LogP contribution is 2.14. The van der Waals surface area contributed by atoms with Crippen molar-refractivity contribution in [2.24, 2.45) is 0 Å². The van der Waals surface area contributed by atoms with Gasteiger partial charge in [-0.15, -0.1) is 0 Å². The first kappa shape index (κ1) is 12.8. The second-order valence-corrected chi connectivity index (χ2v) is 3.04. The Labute approximate surface area is 78.9 Å². The highest BCUT2D eigenvalue weighted by atomic mass is 19.3. The SMILES string of the molecule is CC.CC1CN(C)CC(C(F)F)O1. The summed E-state index contributed by atoms with van der Waals surface area (Å²) in [7, 11) is 1.83. The molecular weight excluding hydrogens is 176 g/mol. The van der Waals surface area contributed by atoms with Crippen molar-refractivity contribution in [1.82, 2.24) is 4.90 Å². The third-order valence-corrected chi connectivity index (χ3v) is 1.75. The molecule has 13 heavy (non-hydrogen) atoms. The molecule has 0 aromatic carbocycles. The topological polar surface area (TPSA) is 12.5 Å².